The molecule has 0 aliphatic rings. The van der Waals surface area contributed by atoms with Gasteiger partial charge in [0.1, 0.15) is 6.33 Å². The van der Waals surface area contributed by atoms with Crippen molar-refractivity contribution in [3.05, 3.63) is 71.5 Å². The second-order valence-corrected chi connectivity index (χ2v) is 6.70. The Morgan fingerprint density at radius 2 is 1.96 bits per heavy atom. The van der Waals surface area contributed by atoms with E-state index in [2.05, 4.69) is 10.2 Å². The molecule has 0 saturated heterocycles. The Morgan fingerprint density at radius 1 is 1.17 bits per heavy atom. The first-order chi connectivity index (χ1) is 11.1. The fraction of sp³-hybridized carbons (Fsp3) is 0.118. The molecule has 23 heavy (non-hydrogen) atoms. The minimum absolute atomic E-state index is 0.0140. The Morgan fingerprint density at radius 3 is 2.70 bits per heavy atom. The van der Waals surface area contributed by atoms with Gasteiger partial charge in [0, 0.05) is 16.3 Å². The number of Topliss-reactive ketones (excluding diaryl/α,β-unsaturated/α-hetero) is 1. The van der Waals surface area contributed by atoms with E-state index in [1.807, 2.05) is 41.8 Å². The molecule has 0 saturated carbocycles. The number of hydrogen-bond acceptors (Lipinski definition) is 4. The third-order valence-corrected chi connectivity index (χ3v) is 4.60. The lowest BCUT2D eigenvalue weighted by atomic mass is 10.1. The lowest BCUT2D eigenvalue weighted by Gasteiger charge is -2.11. The van der Waals surface area contributed by atoms with Crippen molar-refractivity contribution >= 4 is 29.1 Å². The summed E-state index contributed by atoms with van der Waals surface area (Å²) in [4.78, 5) is 12.5. The summed E-state index contributed by atoms with van der Waals surface area (Å²) in [5.41, 5.74) is 1.56. The molecule has 0 aliphatic carbocycles. The molecule has 1 heterocycles. The molecule has 2 aromatic carbocycles. The molecule has 4 nitrogen and oxygen atoms in total. The lowest BCUT2D eigenvalue weighted by Crippen LogP contribution is -2.14. The summed E-state index contributed by atoms with van der Waals surface area (Å²) in [5.74, 6) is 0.0140. The number of rotatable bonds is 5. The highest BCUT2D eigenvalue weighted by molar-refractivity contribution is 8.00. The van der Waals surface area contributed by atoms with Gasteiger partial charge in [0.15, 0.2) is 10.9 Å². The van der Waals surface area contributed by atoms with Crippen molar-refractivity contribution in [1.82, 2.24) is 14.8 Å². The van der Waals surface area contributed by atoms with Crippen LogP contribution in [0, 0.1) is 0 Å². The summed E-state index contributed by atoms with van der Waals surface area (Å²) in [5, 5.41) is 9.03. The predicted octanol–water partition coefficient (Wildman–Crippen LogP) is 4.28. The van der Waals surface area contributed by atoms with E-state index in [-0.39, 0.29) is 11.0 Å². The fourth-order valence-electron chi connectivity index (χ4n) is 2.16. The first-order valence-electron chi connectivity index (χ1n) is 7.07. The van der Waals surface area contributed by atoms with Crippen LogP contribution in [0.5, 0.6) is 0 Å². The number of ketones is 1. The number of thioether (sulfide) groups is 1. The van der Waals surface area contributed by atoms with Crippen molar-refractivity contribution in [3.8, 4) is 5.69 Å². The Balaban J connectivity index is 1.80. The Kier molecular flexibility index (Phi) is 4.79. The minimum atomic E-state index is -0.292. The first kappa shape index (κ1) is 15.8. The number of carbonyl (C=O) groups excluding carboxylic acids is 1. The Labute approximate surface area is 143 Å². The summed E-state index contributed by atoms with van der Waals surface area (Å²) in [6.07, 6.45) is 1.65. The quantitative estimate of drug-likeness (QED) is 0.512. The van der Waals surface area contributed by atoms with E-state index in [1.54, 1.807) is 30.6 Å². The predicted molar refractivity (Wildman–Crippen MR) is 92.5 cm³/mol. The highest BCUT2D eigenvalue weighted by Gasteiger charge is 2.20. The van der Waals surface area contributed by atoms with Gasteiger partial charge in [0.05, 0.1) is 5.25 Å². The third-order valence-electron chi connectivity index (χ3n) is 3.31. The van der Waals surface area contributed by atoms with E-state index in [0.717, 1.165) is 5.69 Å². The maximum atomic E-state index is 12.5. The molecule has 6 heteroatoms. The van der Waals surface area contributed by atoms with Crippen molar-refractivity contribution in [2.24, 2.45) is 0 Å². The van der Waals surface area contributed by atoms with E-state index < -0.39 is 0 Å². The van der Waals surface area contributed by atoms with E-state index >= 15 is 0 Å². The van der Waals surface area contributed by atoms with Crippen LogP contribution < -0.4 is 0 Å². The first-order valence-corrected chi connectivity index (χ1v) is 8.33. The molecular formula is C17H14ClN3OS. The molecule has 0 aliphatic heterocycles. The van der Waals surface area contributed by atoms with E-state index in [0.29, 0.717) is 15.7 Å². The highest BCUT2D eigenvalue weighted by atomic mass is 35.5. The molecule has 0 bridgehead atoms. The number of halogens is 1. The number of carbonyl (C=O) groups is 1. The largest absolute Gasteiger partial charge is 0.293 e. The normalized spacial score (nSPS) is 12.1. The summed E-state index contributed by atoms with van der Waals surface area (Å²) in [6, 6.07) is 16.8. The molecular weight excluding hydrogens is 330 g/mol. The van der Waals surface area contributed by atoms with Crippen molar-refractivity contribution in [2.75, 3.05) is 0 Å². The molecule has 0 unspecified atom stereocenters. The molecule has 3 aromatic rings. The minimum Gasteiger partial charge on any atom is -0.293 e. The smallest absolute Gasteiger partial charge is 0.196 e. The van der Waals surface area contributed by atoms with Crippen LogP contribution in [-0.4, -0.2) is 25.8 Å². The van der Waals surface area contributed by atoms with Gasteiger partial charge in [0.2, 0.25) is 0 Å². The van der Waals surface area contributed by atoms with Crippen LogP contribution in [0.2, 0.25) is 5.02 Å². The highest BCUT2D eigenvalue weighted by Crippen LogP contribution is 2.26. The van der Waals surface area contributed by atoms with Crippen molar-refractivity contribution < 1.29 is 4.79 Å². The standard InChI is InChI=1S/C17H14ClN3OS/c1-12(16(22)13-6-5-7-14(18)10-13)23-17-20-19-11-21(17)15-8-3-2-4-9-15/h2-12H,1H3/t12-/m1/s1. The van der Waals surface area contributed by atoms with Crippen LogP contribution in [0.4, 0.5) is 0 Å². The lowest BCUT2D eigenvalue weighted by molar-refractivity contribution is 0.0994. The second-order valence-electron chi connectivity index (χ2n) is 4.95. The summed E-state index contributed by atoms with van der Waals surface area (Å²) < 4.78 is 1.87. The van der Waals surface area contributed by atoms with Gasteiger partial charge >= 0.3 is 0 Å². The summed E-state index contributed by atoms with van der Waals surface area (Å²) >= 11 is 7.33. The number of para-hydroxylation sites is 1. The topological polar surface area (TPSA) is 47.8 Å². The molecule has 0 amide bonds. The monoisotopic (exact) mass is 343 g/mol. The zero-order valence-corrected chi connectivity index (χ0v) is 14.0. The van der Waals surface area contributed by atoms with Gasteiger partial charge in [-0.15, -0.1) is 10.2 Å². The van der Waals surface area contributed by atoms with Crippen molar-refractivity contribution in [3.63, 3.8) is 0 Å². The molecule has 1 atom stereocenters. The SMILES string of the molecule is C[C@@H](Sc1nncn1-c1ccccc1)C(=O)c1cccc(Cl)c1. The van der Waals surface area contributed by atoms with E-state index in [9.17, 15) is 4.79 Å². The van der Waals surface area contributed by atoms with Crippen molar-refractivity contribution in [2.45, 2.75) is 17.3 Å². The summed E-state index contributed by atoms with van der Waals surface area (Å²) in [6.45, 7) is 1.86. The number of aromatic nitrogens is 3. The average molecular weight is 344 g/mol. The zero-order valence-electron chi connectivity index (χ0n) is 12.4. The van der Waals surface area contributed by atoms with Crippen LogP contribution in [0.1, 0.15) is 17.3 Å². The van der Waals surface area contributed by atoms with Gasteiger partial charge in [0.25, 0.3) is 0 Å². The van der Waals surface area contributed by atoms with Crippen LogP contribution in [0.3, 0.4) is 0 Å². The number of benzene rings is 2. The second kappa shape index (κ2) is 6.98. The maximum Gasteiger partial charge on any atom is 0.196 e. The van der Waals surface area contributed by atoms with Gasteiger partial charge in [-0.1, -0.05) is 53.7 Å². The summed E-state index contributed by atoms with van der Waals surface area (Å²) in [7, 11) is 0. The Hall–Kier alpha value is -2.11. The van der Waals surface area contributed by atoms with Gasteiger partial charge in [-0.3, -0.25) is 9.36 Å². The van der Waals surface area contributed by atoms with E-state index in [1.165, 1.54) is 11.8 Å². The third kappa shape index (κ3) is 3.63. The number of nitrogens with zero attached hydrogens (tertiary/aromatic N) is 3. The van der Waals surface area contributed by atoms with Crippen LogP contribution >= 0.6 is 23.4 Å². The molecule has 0 N–H and O–H groups in total. The van der Waals surface area contributed by atoms with Crippen molar-refractivity contribution in [1.29, 1.82) is 0 Å². The van der Waals surface area contributed by atoms with Gasteiger partial charge in [-0.25, -0.2) is 0 Å². The number of hydrogen-bond donors (Lipinski definition) is 0. The molecule has 0 fully saturated rings. The van der Waals surface area contributed by atoms with Gasteiger partial charge < -0.3 is 0 Å². The van der Waals surface area contributed by atoms with E-state index in [4.69, 9.17) is 11.6 Å². The zero-order chi connectivity index (χ0) is 16.2. The fourth-order valence-corrected chi connectivity index (χ4v) is 3.27. The molecule has 3 rings (SSSR count). The average Bonchev–Trinajstić information content (AvgIpc) is 3.03. The molecule has 0 radical (unpaired) electrons. The van der Waals surface area contributed by atoms with Crippen LogP contribution in [0.15, 0.2) is 66.1 Å². The Bertz CT molecular complexity index is 819. The maximum absolute atomic E-state index is 12.5. The van der Waals surface area contributed by atoms with Gasteiger partial charge in [-0.05, 0) is 31.2 Å². The molecule has 0 spiro atoms. The van der Waals surface area contributed by atoms with Crippen LogP contribution in [-0.2, 0) is 0 Å². The van der Waals surface area contributed by atoms with Gasteiger partial charge in [-0.2, -0.15) is 0 Å². The van der Waals surface area contributed by atoms with Crippen LogP contribution in [0.25, 0.3) is 5.69 Å². The molecule has 1 aromatic heterocycles. The molecule has 116 valence electrons.